The first-order valence-corrected chi connectivity index (χ1v) is 6.41. The molecule has 1 heterocycles. The summed E-state index contributed by atoms with van der Waals surface area (Å²) < 4.78 is 5.15. The molecule has 1 fully saturated rings. The molecule has 4 heteroatoms. The highest BCUT2D eigenvalue weighted by Crippen LogP contribution is 2.26. The summed E-state index contributed by atoms with van der Waals surface area (Å²) in [5.41, 5.74) is 6.96. The SMILES string of the molecule is CCC1CCCN1C(=O)c1cc(OC)ccc1N. The van der Waals surface area contributed by atoms with E-state index in [1.54, 1.807) is 25.3 Å². The number of rotatable bonds is 3. The van der Waals surface area contributed by atoms with Crippen molar-refractivity contribution in [3.63, 3.8) is 0 Å². The Labute approximate surface area is 108 Å². The summed E-state index contributed by atoms with van der Waals surface area (Å²) in [6.45, 7) is 2.94. The van der Waals surface area contributed by atoms with E-state index in [9.17, 15) is 4.79 Å². The van der Waals surface area contributed by atoms with Crippen LogP contribution in [0.4, 0.5) is 5.69 Å². The van der Waals surface area contributed by atoms with Gasteiger partial charge >= 0.3 is 0 Å². The van der Waals surface area contributed by atoms with Gasteiger partial charge < -0.3 is 15.4 Å². The van der Waals surface area contributed by atoms with Gasteiger partial charge in [0.15, 0.2) is 0 Å². The van der Waals surface area contributed by atoms with E-state index in [2.05, 4.69) is 6.92 Å². The van der Waals surface area contributed by atoms with E-state index < -0.39 is 0 Å². The highest BCUT2D eigenvalue weighted by Gasteiger charge is 2.29. The Bertz CT molecular complexity index is 445. The summed E-state index contributed by atoms with van der Waals surface area (Å²) in [6, 6.07) is 5.57. The van der Waals surface area contributed by atoms with Crippen molar-refractivity contribution >= 4 is 11.6 Å². The molecular weight excluding hydrogens is 228 g/mol. The molecule has 1 aliphatic rings. The first-order chi connectivity index (χ1) is 8.67. The van der Waals surface area contributed by atoms with Crippen LogP contribution in [0.2, 0.25) is 0 Å². The molecular formula is C14H20N2O2. The third-order valence-electron chi connectivity index (χ3n) is 3.60. The lowest BCUT2D eigenvalue weighted by atomic mass is 10.1. The second-order valence-corrected chi connectivity index (χ2v) is 4.66. The van der Waals surface area contributed by atoms with Gasteiger partial charge in [0.25, 0.3) is 5.91 Å². The molecule has 1 unspecified atom stereocenters. The van der Waals surface area contributed by atoms with E-state index in [-0.39, 0.29) is 5.91 Å². The van der Waals surface area contributed by atoms with Gasteiger partial charge in [0, 0.05) is 18.3 Å². The largest absolute Gasteiger partial charge is 0.497 e. The van der Waals surface area contributed by atoms with Crippen molar-refractivity contribution in [3.05, 3.63) is 23.8 Å². The second kappa shape index (κ2) is 5.29. The van der Waals surface area contributed by atoms with E-state index in [1.165, 1.54) is 0 Å². The van der Waals surface area contributed by atoms with Crippen LogP contribution in [-0.2, 0) is 0 Å². The molecule has 1 aliphatic heterocycles. The minimum atomic E-state index is 0.0238. The third kappa shape index (κ3) is 2.28. The molecule has 98 valence electrons. The van der Waals surface area contributed by atoms with Crippen LogP contribution in [0.1, 0.15) is 36.5 Å². The number of hydrogen-bond acceptors (Lipinski definition) is 3. The van der Waals surface area contributed by atoms with Crippen molar-refractivity contribution in [3.8, 4) is 5.75 Å². The van der Waals surface area contributed by atoms with Crippen molar-refractivity contribution in [2.45, 2.75) is 32.2 Å². The first-order valence-electron chi connectivity index (χ1n) is 6.41. The van der Waals surface area contributed by atoms with Gasteiger partial charge in [-0.2, -0.15) is 0 Å². The fourth-order valence-electron chi connectivity index (χ4n) is 2.53. The number of carbonyl (C=O) groups excluding carboxylic acids is 1. The summed E-state index contributed by atoms with van der Waals surface area (Å²) in [7, 11) is 1.59. The molecule has 0 aliphatic carbocycles. The average molecular weight is 248 g/mol. The predicted molar refractivity (Wildman–Crippen MR) is 71.8 cm³/mol. The number of anilines is 1. The Hall–Kier alpha value is -1.71. The molecule has 1 aromatic carbocycles. The van der Waals surface area contributed by atoms with Crippen molar-refractivity contribution in [2.24, 2.45) is 0 Å². The molecule has 0 aromatic heterocycles. The monoisotopic (exact) mass is 248 g/mol. The predicted octanol–water partition coefficient (Wildman–Crippen LogP) is 2.29. The Morgan fingerprint density at radius 2 is 2.33 bits per heavy atom. The maximum atomic E-state index is 12.5. The highest BCUT2D eigenvalue weighted by molar-refractivity contribution is 5.99. The normalized spacial score (nSPS) is 19.0. The zero-order chi connectivity index (χ0) is 13.1. The molecule has 0 radical (unpaired) electrons. The lowest BCUT2D eigenvalue weighted by molar-refractivity contribution is 0.0734. The molecule has 1 saturated heterocycles. The Balaban J connectivity index is 2.27. The van der Waals surface area contributed by atoms with Gasteiger partial charge in [-0.25, -0.2) is 0 Å². The van der Waals surface area contributed by atoms with Crippen molar-refractivity contribution in [1.29, 1.82) is 0 Å². The van der Waals surface area contributed by atoms with E-state index in [1.807, 2.05) is 4.90 Å². The highest BCUT2D eigenvalue weighted by atomic mass is 16.5. The number of nitrogens with two attached hydrogens (primary N) is 1. The number of methoxy groups -OCH3 is 1. The van der Waals surface area contributed by atoms with Gasteiger partial charge in [-0.05, 0) is 37.5 Å². The zero-order valence-corrected chi connectivity index (χ0v) is 11.0. The molecule has 0 spiro atoms. The van der Waals surface area contributed by atoms with Gasteiger partial charge in [-0.15, -0.1) is 0 Å². The van der Waals surface area contributed by atoms with Crippen LogP contribution in [0.3, 0.4) is 0 Å². The van der Waals surface area contributed by atoms with Gasteiger partial charge in [0.05, 0.1) is 12.7 Å². The fraction of sp³-hybridized carbons (Fsp3) is 0.500. The minimum absolute atomic E-state index is 0.0238. The van der Waals surface area contributed by atoms with E-state index in [0.29, 0.717) is 23.0 Å². The summed E-state index contributed by atoms with van der Waals surface area (Å²) in [4.78, 5) is 14.4. The number of carbonyl (C=O) groups is 1. The molecule has 0 bridgehead atoms. The number of likely N-dealkylation sites (tertiary alicyclic amines) is 1. The second-order valence-electron chi connectivity index (χ2n) is 4.66. The summed E-state index contributed by atoms with van der Waals surface area (Å²) in [5, 5.41) is 0. The fourth-order valence-corrected chi connectivity index (χ4v) is 2.53. The molecule has 0 saturated carbocycles. The molecule has 18 heavy (non-hydrogen) atoms. The van der Waals surface area contributed by atoms with Crippen LogP contribution in [-0.4, -0.2) is 30.5 Å². The van der Waals surface area contributed by atoms with Gasteiger partial charge in [-0.1, -0.05) is 6.92 Å². The number of benzene rings is 1. The van der Waals surface area contributed by atoms with E-state index >= 15 is 0 Å². The Morgan fingerprint density at radius 1 is 1.56 bits per heavy atom. The first kappa shape index (κ1) is 12.7. The van der Waals surface area contributed by atoms with Gasteiger partial charge in [0.1, 0.15) is 5.75 Å². The molecule has 1 atom stereocenters. The molecule has 2 rings (SSSR count). The third-order valence-corrected chi connectivity index (χ3v) is 3.60. The lowest BCUT2D eigenvalue weighted by Crippen LogP contribution is -2.35. The van der Waals surface area contributed by atoms with Crippen LogP contribution in [0, 0.1) is 0 Å². The van der Waals surface area contributed by atoms with Crippen molar-refractivity contribution in [1.82, 2.24) is 4.90 Å². The molecule has 4 nitrogen and oxygen atoms in total. The van der Waals surface area contributed by atoms with E-state index in [0.717, 1.165) is 25.8 Å². The smallest absolute Gasteiger partial charge is 0.256 e. The number of nitrogens with zero attached hydrogens (tertiary/aromatic N) is 1. The maximum absolute atomic E-state index is 12.5. The minimum Gasteiger partial charge on any atom is -0.497 e. The van der Waals surface area contributed by atoms with Gasteiger partial charge in [-0.3, -0.25) is 4.79 Å². The molecule has 2 N–H and O–H groups in total. The van der Waals surface area contributed by atoms with Crippen LogP contribution in [0.25, 0.3) is 0 Å². The number of nitrogen functional groups attached to an aromatic ring is 1. The molecule has 1 amide bonds. The standard InChI is InChI=1S/C14H20N2O2/c1-3-10-5-4-8-16(10)14(17)12-9-11(18-2)6-7-13(12)15/h6-7,9-10H,3-5,8,15H2,1-2H3. The lowest BCUT2D eigenvalue weighted by Gasteiger charge is -2.24. The quantitative estimate of drug-likeness (QED) is 0.835. The zero-order valence-electron chi connectivity index (χ0n) is 11.0. The summed E-state index contributed by atoms with van der Waals surface area (Å²) >= 11 is 0. The maximum Gasteiger partial charge on any atom is 0.256 e. The van der Waals surface area contributed by atoms with Crippen LogP contribution in [0.15, 0.2) is 18.2 Å². The van der Waals surface area contributed by atoms with Gasteiger partial charge in [0.2, 0.25) is 0 Å². The Morgan fingerprint density at radius 3 is 3.00 bits per heavy atom. The molecule has 1 aromatic rings. The van der Waals surface area contributed by atoms with E-state index in [4.69, 9.17) is 10.5 Å². The average Bonchev–Trinajstić information content (AvgIpc) is 2.86. The number of amides is 1. The topological polar surface area (TPSA) is 55.6 Å². The van der Waals surface area contributed by atoms with Crippen molar-refractivity contribution in [2.75, 3.05) is 19.4 Å². The van der Waals surface area contributed by atoms with Crippen LogP contribution >= 0.6 is 0 Å². The number of hydrogen-bond donors (Lipinski definition) is 1. The van der Waals surface area contributed by atoms with Crippen LogP contribution < -0.4 is 10.5 Å². The van der Waals surface area contributed by atoms with Crippen LogP contribution in [0.5, 0.6) is 5.75 Å². The summed E-state index contributed by atoms with van der Waals surface area (Å²) in [6.07, 6.45) is 3.16. The Kier molecular flexibility index (Phi) is 3.75. The van der Waals surface area contributed by atoms with Crippen molar-refractivity contribution < 1.29 is 9.53 Å². The summed E-state index contributed by atoms with van der Waals surface area (Å²) in [5.74, 6) is 0.690. The number of ether oxygens (including phenoxy) is 1.